The van der Waals surface area contributed by atoms with E-state index in [9.17, 15) is 0 Å². The summed E-state index contributed by atoms with van der Waals surface area (Å²) in [6, 6.07) is 0. The molecule has 0 saturated heterocycles. The highest BCUT2D eigenvalue weighted by Crippen LogP contribution is 2.37. The summed E-state index contributed by atoms with van der Waals surface area (Å²) in [5, 5.41) is 8.40. The first-order valence-corrected chi connectivity index (χ1v) is 7.38. The molecule has 4 nitrogen and oxygen atoms in total. The second-order valence-electron chi connectivity index (χ2n) is 5.10. The summed E-state index contributed by atoms with van der Waals surface area (Å²) in [5.41, 5.74) is 7.68. The van der Waals surface area contributed by atoms with E-state index in [-0.39, 0.29) is 0 Å². The van der Waals surface area contributed by atoms with E-state index < -0.39 is 0 Å². The summed E-state index contributed by atoms with van der Waals surface area (Å²) in [5.74, 6) is 0.572. The van der Waals surface area contributed by atoms with Crippen molar-refractivity contribution in [3.05, 3.63) is 11.4 Å². The van der Waals surface area contributed by atoms with Gasteiger partial charge in [0.15, 0.2) is 0 Å². The zero-order chi connectivity index (χ0) is 13.0. The molecule has 18 heavy (non-hydrogen) atoms. The van der Waals surface area contributed by atoms with E-state index >= 15 is 0 Å². The SMILES string of the molecule is CCCCCCn1nnc(C(N)=S)c1C1CCC1. The van der Waals surface area contributed by atoms with Gasteiger partial charge in [-0.25, -0.2) is 4.68 Å². The zero-order valence-corrected chi connectivity index (χ0v) is 11.9. The number of nitrogens with zero attached hydrogens (tertiary/aromatic N) is 3. The van der Waals surface area contributed by atoms with Crippen LogP contribution in [0.1, 0.15) is 69.2 Å². The smallest absolute Gasteiger partial charge is 0.143 e. The highest BCUT2D eigenvalue weighted by Gasteiger charge is 2.28. The number of aromatic nitrogens is 3. The molecule has 1 aliphatic carbocycles. The molecule has 0 atom stereocenters. The molecular weight excluding hydrogens is 244 g/mol. The Morgan fingerprint density at radius 3 is 2.72 bits per heavy atom. The fourth-order valence-electron chi connectivity index (χ4n) is 2.44. The topological polar surface area (TPSA) is 56.7 Å². The van der Waals surface area contributed by atoms with Crippen molar-refractivity contribution in [1.29, 1.82) is 0 Å². The molecule has 5 heteroatoms. The molecule has 1 heterocycles. The predicted molar refractivity (Wildman–Crippen MR) is 76.6 cm³/mol. The maximum Gasteiger partial charge on any atom is 0.143 e. The number of hydrogen-bond acceptors (Lipinski definition) is 3. The largest absolute Gasteiger partial charge is 0.388 e. The maximum absolute atomic E-state index is 5.74. The first kappa shape index (κ1) is 13.5. The molecule has 2 N–H and O–H groups in total. The van der Waals surface area contributed by atoms with Gasteiger partial charge in [-0.3, -0.25) is 0 Å². The van der Waals surface area contributed by atoms with Gasteiger partial charge in [-0.1, -0.05) is 50.0 Å². The van der Waals surface area contributed by atoms with E-state index in [0.717, 1.165) is 18.7 Å². The molecule has 1 aromatic heterocycles. The Morgan fingerprint density at radius 2 is 2.17 bits per heavy atom. The normalized spacial score (nSPS) is 15.6. The van der Waals surface area contributed by atoms with Gasteiger partial charge in [-0.05, 0) is 19.3 Å². The van der Waals surface area contributed by atoms with Gasteiger partial charge in [0.2, 0.25) is 0 Å². The summed E-state index contributed by atoms with van der Waals surface area (Å²) in [7, 11) is 0. The quantitative estimate of drug-likeness (QED) is 0.609. The molecule has 0 radical (unpaired) electrons. The molecule has 1 aromatic rings. The van der Waals surface area contributed by atoms with Crippen molar-refractivity contribution in [3.8, 4) is 0 Å². The lowest BCUT2D eigenvalue weighted by molar-refractivity contribution is 0.382. The lowest BCUT2D eigenvalue weighted by Crippen LogP contribution is -2.20. The van der Waals surface area contributed by atoms with E-state index in [2.05, 4.69) is 17.2 Å². The first-order valence-electron chi connectivity index (χ1n) is 6.97. The van der Waals surface area contributed by atoms with Crippen molar-refractivity contribution >= 4 is 17.2 Å². The third kappa shape index (κ3) is 2.88. The second-order valence-corrected chi connectivity index (χ2v) is 5.54. The Kier molecular flexibility index (Phi) is 4.69. The van der Waals surface area contributed by atoms with Crippen molar-refractivity contribution in [2.24, 2.45) is 5.73 Å². The summed E-state index contributed by atoms with van der Waals surface area (Å²) in [6.07, 6.45) is 8.69. The van der Waals surface area contributed by atoms with Crippen LogP contribution in [0, 0.1) is 0 Å². The Hall–Kier alpha value is -0.970. The lowest BCUT2D eigenvalue weighted by atomic mass is 9.82. The zero-order valence-electron chi connectivity index (χ0n) is 11.1. The molecular formula is C13H22N4S. The second kappa shape index (κ2) is 6.27. The van der Waals surface area contributed by atoms with Crippen LogP contribution in [0.25, 0.3) is 0 Å². The molecule has 1 saturated carbocycles. The van der Waals surface area contributed by atoms with Crippen LogP contribution in [0.5, 0.6) is 0 Å². The van der Waals surface area contributed by atoms with E-state index in [1.54, 1.807) is 0 Å². The van der Waals surface area contributed by atoms with Gasteiger partial charge in [0.25, 0.3) is 0 Å². The molecule has 2 rings (SSSR count). The van der Waals surface area contributed by atoms with Crippen molar-refractivity contribution in [2.75, 3.05) is 0 Å². The van der Waals surface area contributed by atoms with Gasteiger partial charge < -0.3 is 5.73 Å². The van der Waals surface area contributed by atoms with Crippen molar-refractivity contribution in [3.63, 3.8) is 0 Å². The standard InChI is InChI=1S/C13H22N4S/c1-2-3-4-5-9-17-12(10-7-6-8-10)11(13(14)18)15-16-17/h10H,2-9H2,1H3,(H2,14,18). The molecule has 0 spiro atoms. The molecule has 0 aromatic carbocycles. The summed E-state index contributed by atoms with van der Waals surface area (Å²) < 4.78 is 2.04. The van der Waals surface area contributed by atoms with Crippen LogP contribution >= 0.6 is 12.2 Å². The number of rotatable bonds is 7. The van der Waals surface area contributed by atoms with Gasteiger partial charge >= 0.3 is 0 Å². The number of nitrogens with two attached hydrogens (primary N) is 1. The van der Waals surface area contributed by atoms with Gasteiger partial charge in [0.05, 0.1) is 5.69 Å². The van der Waals surface area contributed by atoms with Crippen molar-refractivity contribution in [1.82, 2.24) is 15.0 Å². The van der Waals surface area contributed by atoms with Crippen molar-refractivity contribution in [2.45, 2.75) is 64.3 Å². The predicted octanol–water partition coefficient (Wildman–Crippen LogP) is 2.76. The fraction of sp³-hybridized carbons (Fsp3) is 0.769. The summed E-state index contributed by atoms with van der Waals surface area (Å²) in [6.45, 7) is 3.17. The van der Waals surface area contributed by atoms with Gasteiger partial charge in [-0.2, -0.15) is 0 Å². The average molecular weight is 266 g/mol. The third-order valence-electron chi connectivity index (χ3n) is 3.72. The summed E-state index contributed by atoms with van der Waals surface area (Å²) >= 11 is 5.07. The van der Waals surface area contributed by atoms with E-state index in [0.29, 0.717) is 10.9 Å². The van der Waals surface area contributed by atoms with Crippen LogP contribution in [0.4, 0.5) is 0 Å². The van der Waals surface area contributed by atoms with E-state index in [1.165, 1.54) is 44.2 Å². The third-order valence-corrected chi connectivity index (χ3v) is 3.92. The number of thiocarbonyl (C=S) groups is 1. The Morgan fingerprint density at radius 1 is 1.39 bits per heavy atom. The number of aryl methyl sites for hydroxylation is 1. The van der Waals surface area contributed by atoms with Crippen molar-refractivity contribution < 1.29 is 0 Å². The molecule has 0 aliphatic heterocycles. The minimum atomic E-state index is 0.386. The van der Waals surface area contributed by atoms with Crippen LogP contribution in [0.15, 0.2) is 0 Å². The van der Waals surface area contributed by atoms with E-state index in [4.69, 9.17) is 18.0 Å². The lowest BCUT2D eigenvalue weighted by Gasteiger charge is -2.26. The fourth-order valence-corrected chi connectivity index (χ4v) is 2.58. The highest BCUT2D eigenvalue weighted by molar-refractivity contribution is 7.80. The van der Waals surface area contributed by atoms with Crippen LogP contribution in [0.3, 0.4) is 0 Å². The minimum Gasteiger partial charge on any atom is -0.388 e. The molecule has 100 valence electrons. The van der Waals surface area contributed by atoms with Crippen LogP contribution in [0.2, 0.25) is 0 Å². The number of hydrogen-bond donors (Lipinski definition) is 1. The first-order chi connectivity index (χ1) is 8.74. The van der Waals surface area contributed by atoms with Crippen LogP contribution in [-0.2, 0) is 6.54 Å². The molecule has 1 aliphatic rings. The van der Waals surface area contributed by atoms with Gasteiger partial charge in [-0.15, -0.1) is 5.10 Å². The highest BCUT2D eigenvalue weighted by atomic mass is 32.1. The molecule has 0 bridgehead atoms. The molecule has 0 unspecified atom stereocenters. The maximum atomic E-state index is 5.74. The Balaban J connectivity index is 2.06. The van der Waals surface area contributed by atoms with Gasteiger partial charge in [0.1, 0.15) is 10.7 Å². The minimum absolute atomic E-state index is 0.386. The molecule has 0 amide bonds. The average Bonchev–Trinajstić information content (AvgIpc) is 2.66. The number of unbranched alkanes of at least 4 members (excludes halogenated alkanes) is 3. The van der Waals surface area contributed by atoms with Crippen LogP contribution in [-0.4, -0.2) is 20.0 Å². The molecule has 1 fully saturated rings. The Bertz CT molecular complexity index is 409. The summed E-state index contributed by atoms with van der Waals surface area (Å²) in [4.78, 5) is 0.386. The van der Waals surface area contributed by atoms with E-state index in [1.807, 2.05) is 4.68 Å². The Labute approximate surface area is 114 Å². The van der Waals surface area contributed by atoms with Gasteiger partial charge in [0, 0.05) is 12.5 Å². The monoisotopic (exact) mass is 266 g/mol. The van der Waals surface area contributed by atoms with Crippen LogP contribution < -0.4 is 5.73 Å².